The van der Waals surface area contributed by atoms with Gasteiger partial charge in [-0.1, -0.05) is 30.3 Å². The second-order valence-corrected chi connectivity index (χ2v) is 7.87. The minimum Gasteiger partial charge on any atom is -0.452 e. The van der Waals surface area contributed by atoms with Crippen molar-refractivity contribution in [2.75, 3.05) is 13.2 Å². The van der Waals surface area contributed by atoms with Crippen LogP contribution < -0.4 is 10.0 Å². The zero-order chi connectivity index (χ0) is 21.3. The molecule has 2 aromatic rings. The summed E-state index contributed by atoms with van der Waals surface area (Å²) in [6.07, 6.45) is 0.0502. The molecule has 9 heteroatoms. The van der Waals surface area contributed by atoms with Crippen LogP contribution in [0.25, 0.3) is 0 Å². The summed E-state index contributed by atoms with van der Waals surface area (Å²) in [6, 6.07) is 16.1. The summed E-state index contributed by atoms with van der Waals surface area (Å²) in [5.74, 6) is -1.19. The Morgan fingerprint density at radius 2 is 1.76 bits per heavy atom. The zero-order valence-electron chi connectivity index (χ0n) is 15.8. The second-order valence-electron chi connectivity index (χ2n) is 6.11. The Hall–Kier alpha value is -3.22. The zero-order valence-corrected chi connectivity index (χ0v) is 16.6. The molecule has 1 amide bonds. The van der Waals surface area contributed by atoms with E-state index in [2.05, 4.69) is 10.0 Å². The Labute approximate surface area is 169 Å². The van der Waals surface area contributed by atoms with Crippen LogP contribution in [-0.4, -0.2) is 33.4 Å². The number of hydrogen-bond acceptors (Lipinski definition) is 6. The highest BCUT2D eigenvalue weighted by atomic mass is 32.2. The van der Waals surface area contributed by atoms with Crippen molar-refractivity contribution in [3.05, 3.63) is 65.7 Å². The molecule has 2 N–H and O–H groups in total. The largest absolute Gasteiger partial charge is 0.452 e. The Bertz CT molecular complexity index is 983. The van der Waals surface area contributed by atoms with E-state index in [0.717, 1.165) is 5.56 Å². The number of nitriles is 1. The number of benzene rings is 2. The normalized spacial score (nSPS) is 11.9. The van der Waals surface area contributed by atoms with Crippen molar-refractivity contribution < 1.29 is 22.7 Å². The number of rotatable bonds is 9. The number of ether oxygens (including phenoxy) is 1. The molecule has 0 aliphatic heterocycles. The van der Waals surface area contributed by atoms with Crippen LogP contribution in [0.2, 0.25) is 0 Å². The lowest BCUT2D eigenvalue weighted by molar-refractivity contribution is -0.124. The van der Waals surface area contributed by atoms with Gasteiger partial charge in [-0.25, -0.2) is 17.9 Å². The molecule has 29 heavy (non-hydrogen) atoms. The second kappa shape index (κ2) is 10.4. The number of amides is 1. The summed E-state index contributed by atoms with van der Waals surface area (Å²) < 4.78 is 31.3. The van der Waals surface area contributed by atoms with Crippen molar-refractivity contribution in [3.63, 3.8) is 0 Å². The van der Waals surface area contributed by atoms with Crippen molar-refractivity contribution in [2.45, 2.75) is 24.3 Å². The molecule has 0 unspecified atom stereocenters. The predicted molar refractivity (Wildman–Crippen MR) is 105 cm³/mol. The number of esters is 1. The van der Waals surface area contributed by atoms with Crippen LogP contribution in [0.15, 0.2) is 59.5 Å². The van der Waals surface area contributed by atoms with Crippen LogP contribution in [-0.2, 0) is 19.6 Å². The highest BCUT2D eigenvalue weighted by Gasteiger charge is 2.16. The van der Waals surface area contributed by atoms with Crippen LogP contribution >= 0.6 is 0 Å². The van der Waals surface area contributed by atoms with Crippen molar-refractivity contribution >= 4 is 21.9 Å². The predicted octanol–water partition coefficient (Wildman–Crippen LogP) is 1.91. The first-order chi connectivity index (χ1) is 13.8. The van der Waals surface area contributed by atoms with Crippen molar-refractivity contribution in [1.82, 2.24) is 10.0 Å². The van der Waals surface area contributed by atoms with Gasteiger partial charge in [-0.2, -0.15) is 5.26 Å². The number of carbonyl (C=O) groups excluding carboxylic acids is 2. The van der Waals surface area contributed by atoms with E-state index in [-0.39, 0.29) is 29.5 Å². The fourth-order valence-corrected chi connectivity index (χ4v) is 3.45. The Kier molecular flexibility index (Phi) is 7.88. The molecule has 0 radical (unpaired) electrons. The van der Waals surface area contributed by atoms with Crippen LogP contribution in [0.1, 0.15) is 35.3 Å². The van der Waals surface area contributed by atoms with Gasteiger partial charge < -0.3 is 10.1 Å². The molecule has 2 rings (SSSR count). The maximum atomic E-state index is 12.1. The number of sulfonamides is 1. The first-order valence-corrected chi connectivity index (χ1v) is 10.3. The van der Waals surface area contributed by atoms with Crippen molar-refractivity contribution in [1.29, 1.82) is 5.26 Å². The topological polar surface area (TPSA) is 125 Å². The monoisotopic (exact) mass is 415 g/mol. The maximum Gasteiger partial charge on any atom is 0.338 e. The Morgan fingerprint density at radius 3 is 2.38 bits per heavy atom. The van der Waals surface area contributed by atoms with Gasteiger partial charge in [0.15, 0.2) is 6.61 Å². The summed E-state index contributed by atoms with van der Waals surface area (Å²) >= 11 is 0. The fraction of sp³-hybridized carbons (Fsp3) is 0.250. The first-order valence-electron chi connectivity index (χ1n) is 8.81. The minimum absolute atomic E-state index is 0.000851. The average molecular weight is 415 g/mol. The summed E-state index contributed by atoms with van der Waals surface area (Å²) in [7, 11) is -3.76. The van der Waals surface area contributed by atoms with Crippen molar-refractivity contribution in [3.8, 4) is 6.07 Å². The van der Waals surface area contributed by atoms with Gasteiger partial charge in [0.1, 0.15) is 0 Å². The molecule has 0 aliphatic carbocycles. The molecule has 0 fully saturated rings. The SMILES string of the molecule is C[C@H](NC(=O)COC(=O)c1ccc(S(=O)(=O)NCCC#N)cc1)c1ccccc1. The van der Waals surface area contributed by atoms with E-state index in [1.165, 1.54) is 24.3 Å². The molecule has 0 aromatic heterocycles. The third kappa shape index (κ3) is 6.71. The molecular formula is C20H21N3O5S. The van der Waals surface area contributed by atoms with E-state index >= 15 is 0 Å². The van der Waals surface area contributed by atoms with Crippen LogP contribution in [0, 0.1) is 11.3 Å². The van der Waals surface area contributed by atoms with E-state index < -0.39 is 28.5 Å². The number of nitrogens with one attached hydrogen (secondary N) is 2. The molecule has 0 aliphatic rings. The summed E-state index contributed by atoms with van der Waals surface area (Å²) in [5.41, 5.74) is 1.04. The Morgan fingerprint density at radius 1 is 1.10 bits per heavy atom. The smallest absolute Gasteiger partial charge is 0.338 e. The minimum atomic E-state index is -3.76. The summed E-state index contributed by atoms with van der Waals surface area (Å²) in [6.45, 7) is 1.36. The Balaban J connectivity index is 1.87. The van der Waals surface area contributed by atoms with E-state index in [1.54, 1.807) is 0 Å². The van der Waals surface area contributed by atoms with Gasteiger partial charge in [0.05, 0.1) is 22.6 Å². The third-order valence-electron chi connectivity index (χ3n) is 3.94. The molecule has 152 valence electrons. The average Bonchev–Trinajstić information content (AvgIpc) is 2.73. The molecule has 0 saturated carbocycles. The molecule has 0 saturated heterocycles. The molecule has 0 bridgehead atoms. The van der Waals surface area contributed by atoms with Gasteiger partial charge in [0.2, 0.25) is 10.0 Å². The van der Waals surface area contributed by atoms with Gasteiger partial charge in [-0.3, -0.25) is 4.79 Å². The highest BCUT2D eigenvalue weighted by Crippen LogP contribution is 2.12. The number of carbonyl (C=O) groups is 2. The lowest BCUT2D eigenvalue weighted by atomic mass is 10.1. The van der Waals surface area contributed by atoms with Gasteiger partial charge in [0, 0.05) is 13.0 Å². The highest BCUT2D eigenvalue weighted by molar-refractivity contribution is 7.89. The van der Waals surface area contributed by atoms with Gasteiger partial charge in [-0.15, -0.1) is 0 Å². The molecular weight excluding hydrogens is 394 g/mol. The van der Waals surface area contributed by atoms with Crippen molar-refractivity contribution in [2.24, 2.45) is 0 Å². The van der Waals surface area contributed by atoms with Crippen LogP contribution in [0.3, 0.4) is 0 Å². The van der Waals surface area contributed by atoms with Gasteiger partial charge >= 0.3 is 5.97 Å². The first kappa shape index (κ1) is 22.1. The fourth-order valence-electron chi connectivity index (χ4n) is 2.42. The maximum absolute atomic E-state index is 12.1. The van der Waals surface area contributed by atoms with Gasteiger partial charge in [-0.05, 0) is 36.8 Å². The lowest BCUT2D eigenvalue weighted by Gasteiger charge is -2.14. The number of nitrogens with zero attached hydrogens (tertiary/aromatic N) is 1. The standard InChI is InChI=1S/C20H21N3O5S/c1-15(16-6-3-2-4-7-16)23-19(24)14-28-20(25)17-8-10-18(11-9-17)29(26,27)22-13-5-12-21/h2-4,6-11,15,22H,5,13-14H2,1H3,(H,23,24)/t15-/m0/s1. The summed E-state index contributed by atoms with van der Waals surface area (Å²) in [5, 5.41) is 11.2. The number of hydrogen-bond donors (Lipinski definition) is 2. The third-order valence-corrected chi connectivity index (χ3v) is 5.42. The lowest BCUT2D eigenvalue weighted by Crippen LogP contribution is -2.31. The molecule has 1 atom stereocenters. The molecule has 8 nitrogen and oxygen atoms in total. The molecule has 0 heterocycles. The van der Waals surface area contributed by atoms with Crippen LogP contribution in [0.5, 0.6) is 0 Å². The molecule has 2 aromatic carbocycles. The quantitative estimate of drug-likeness (QED) is 0.476. The van der Waals surface area contributed by atoms with E-state index in [0.29, 0.717) is 0 Å². The van der Waals surface area contributed by atoms with E-state index in [4.69, 9.17) is 10.00 Å². The van der Waals surface area contributed by atoms with E-state index in [1.807, 2.05) is 43.3 Å². The van der Waals surface area contributed by atoms with Gasteiger partial charge in [0.25, 0.3) is 5.91 Å². The summed E-state index contributed by atoms with van der Waals surface area (Å²) in [4.78, 5) is 24.0. The molecule has 0 spiro atoms. The van der Waals surface area contributed by atoms with E-state index in [9.17, 15) is 18.0 Å². The van der Waals surface area contributed by atoms with Crippen LogP contribution in [0.4, 0.5) is 0 Å².